The van der Waals surface area contributed by atoms with Gasteiger partial charge in [-0.15, -0.1) is 0 Å². The largest absolute Gasteiger partial charge is 0.543 e. The lowest BCUT2D eigenvalue weighted by molar-refractivity contribution is -0.255. The number of hydrogen-bond acceptors (Lipinski definition) is 5. The van der Waals surface area contributed by atoms with E-state index in [-0.39, 0.29) is 11.8 Å². The van der Waals surface area contributed by atoms with Crippen LogP contribution in [0.5, 0.6) is 0 Å². The molecule has 8 nitrogen and oxygen atoms in total. The number of carbonyl (C=O) groups excluding carboxylic acids is 2. The monoisotopic (exact) mass is 286 g/mol. The lowest BCUT2D eigenvalue weighted by Crippen LogP contribution is -2.48. The molecular formula is C10H12N3O5S-. The van der Waals surface area contributed by atoms with Crippen LogP contribution in [0.15, 0.2) is 12.3 Å². The molecule has 0 unspecified atom stereocenters. The number of aromatic carboxylic acids is 1. The average Bonchev–Trinajstić information content (AvgIpc) is 2.57. The normalized spacial score (nSPS) is 16.2. The minimum absolute atomic E-state index is 0.114. The van der Waals surface area contributed by atoms with Crippen LogP contribution in [0.3, 0.4) is 0 Å². The summed E-state index contributed by atoms with van der Waals surface area (Å²) in [4.78, 5) is 23.7. The summed E-state index contributed by atoms with van der Waals surface area (Å²) in [6.45, 7) is 2.11. The highest BCUT2D eigenvalue weighted by molar-refractivity contribution is 7.87. The fourth-order valence-electron chi connectivity index (χ4n) is 2.11. The van der Waals surface area contributed by atoms with Crippen molar-refractivity contribution in [2.24, 2.45) is 5.14 Å². The minimum atomic E-state index is -4.19. The van der Waals surface area contributed by atoms with Crippen molar-refractivity contribution in [3.05, 3.63) is 23.5 Å². The zero-order valence-corrected chi connectivity index (χ0v) is 10.9. The number of nitrogens with zero attached hydrogens (tertiary/aromatic N) is 2. The van der Waals surface area contributed by atoms with Gasteiger partial charge in [0, 0.05) is 32.1 Å². The maximum atomic E-state index is 11.3. The van der Waals surface area contributed by atoms with E-state index in [0.717, 1.165) is 6.20 Å². The lowest BCUT2D eigenvalue weighted by Gasteiger charge is -2.39. The summed E-state index contributed by atoms with van der Waals surface area (Å²) in [5.41, 5.74) is -0.165. The molecular weight excluding hydrogens is 274 g/mol. The third-order valence-corrected chi connectivity index (χ3v) is 3.97. The molecule has 1 aliphatic rings. The van der Waals surface area contributed by atoms with Crippen LogP contribution in [0.2, 0.25) is 0 Å². The van der Waals surface area contributed by atoms with E-state index < -0.39 is 21.9 Å². The zero-order valence-electron chi connectivity index (χ0n) is 10.1. The molecule has 1 aromatic rings. The van der Waals surface area contributed by atoms with Crippen molar-refractivity contribution in [1.29, 1.82) is 0 Å². The highest BCUT2D eigenvalue weighted by atomic mass is 32.2. The number of aromatic nitrogens is 1. The van der Waals surface area contributed by atoms with Crippen LogP contribution in [0.25, 0.3) is 0 Å². The average molecular weight is 286 g/mol. The topological polar surface area (TPSA) is 126 Å². The van der Waals surface area contributed by atoms with Crippen molar-refractivity contribution in [1.82, 2.24) is 8.87 Å². The van der Waals surface area contributed by atoms with E-state index in [0.29, 0.717) is 22.6 Å². The standard InChI is InChI=1S/C10H13N3O5S/c1-6(14)12-4-7(5-12)8-2-3-13(19(11,17)18)9(8)10(15)16/h2-3,7H,4-5H2,1H3,(H,15,16)(H2,11,17,18)/p-1. The quantitative estimate of drug-likeness (QED) is 0.678. The number of hydrogen-bond donors (Lipinski definition) is 1. The highest BCUT2D eigenvalue weighted by Crippen LogP contribution is 2.30. The van der Waals surface area contributed by atoms with Gasteiger partial charge in [-0.2, -0.15) is 8.42 Å². The first-order valence-electron chi connectivity index (χ1n) is 5.43. The van der Waals surface area contributed by atoms with Gasteiger partial charge in [0.25, 0.3) is 0 Å². The summed E-state index contributed by atoms with van der Waals surface area (Å²) in [5, 5.41) is 16.0. The second-order valence-corrected chi connectivity index (χ2v) is 5.79. The molecule has 0 aromatic carbocycles. The van der Waals surface area contributed by atoms with E-state index in [1.807, 2.05) is 0 Å². The Morgan fingerprint density at radius 2 is 2.00 bits per heavy atom. The molecule has 0 radical (unpaired) electrons. The van der Waals surface area contributed by atoms with Gasteiger partial charge < -0.3 is 14.8 Å². The fourth-order valence-corrected chi connectivity index (χ4v) is 2.78. The Kier molecular flexibility index (Phi) is 3.11. The first-order valence-corrected chi connectivity index (χ1v) is 6.93. The van der Waals surface area contributed by atoms with E-state index in [9.17, 15) is 23.1 Å². The number of carboxylic acid groups (broad SMARTS) is 1. The zero-order chi connectivity index (χ0) is 14.4. The van der Waals surface area contributed by atoms with Crippen LogP contribution >= 0.6 is 0 Å². The molecule has 1 aliphatic heterocycles. The van der Waals surface area contributed by atoms with Crippen LogP contribution in [-0.4, -0.2) is 42.3 Å². The molecule has 2 heterocycles. The van der Waals surface area contributed by atoms with Gasteiger partial charge in [-0.3, -0.25) is 4.79 Å². The molecule has 2 rings (SSSR count). The van der Waals surface area contributed by atoms with Crippen molar-refractivity contribution in [2.75, 3.05) is 13.1 Å². The number of carbonyl (C=O) groups is 2. The van der Waals surface area contributed by atoms with Gasteiger partial charge in [-0.05, 0) is 11.6 Å². The van der Waals surface area contributed by atoms with Crippen LogP contribution < -0.4 is 10.2 Å². The molecule has 0 bridgehead atoms. The maximum absolute atomic E-state index is 11.3. The van der Waals surface area contributed by atoms with E-state index in [4.69, 9.17) is 5.14 Å². The Bertz CT molecular complexity index is 642. The fraction of sp³-hybridized carbons (Fsp3) is 0.400. The van der Waals surface area contributed by atoms with Gasteiger partial charge in [-0.1, -0.05) is 0 Å². The van der Waals surface area contributed by atoms with E-state index in [1.165, 1.54) is 17.9 Å². The predicted molar refractivity (Wildman–Crippen MR) is 62.3 cm³/mol. The van der Waals surface area contributed by atoms with Crippen LogP contribution in [0.1, 0.15) is 28.9 Å². The Balaban J connectivity index is 2.36. The smallest absolute Gasteiger partial charge is 0.302 e. The van der Waals surface area contributed by atoms with E-state index in [2.05, 4.69) is 0 Å². The molecule has 0 saturated carbocycles. The molecule has 0 atom stereocenters. The van der Waals surface area contributed by atoms with Crippen LogP contribution in [0, 0.1) is 0 Å². The number of amides is 1. The summed E-state index contributed by atoms with van der Waals surface area (Å²) < 4.78 is 23.0. The van der Waals surface area contributed by atoms with Crippen LogP contribution in [0.4, 0.5) is 0 Å². The van der Waals surface area contributed by atoms with Gasteiger partial charge in [0.05, 0.1) is 11.7 Å². The van der Waals surface area contributed by atoms with E-state index >= 15 is 0 Å². The van der Waals surface area contributed by atoms with Crippen molar-refractivity contribution < 1.29 is 23.1 Å². The van der Waals surface area contributed by atoms with E-state index in [1.54, 1.807) is 0 Å². The molecule has 104 valence electrons. The highest BCUT2D eigenvalue weighted by Gasteiger charge is 2.33. The third-order valence-electron chi connectivity index (χ3n) is 3.12. The molecule has 1 saturated heterocycles. The summed E-state index contributed by atoms with van der Waals surface area (Å²) in [6, 6.07) is 1.37. The van der Waals surface area contributed by atoms with Crippen molar-refractivity contribution in [3.63, 3.8) is 0 Å². The molecule has 19 heavy (non-hydrogen) atoms. The second-order valence-electron chi connectivity index (χ2n) is 4.37. The van der Waals surface area contributed by atoms with Crippen LogP contribution in [-0.2, 0) is 15.0 Å². The first-order chi connectivity index (χ1) is 8.71. The van der Waals surface area contributed by atoms with Gasteiger partial charge in [0.2, 0.25) is 5.91 Å². The maximum Gasteiger partial charge on any atom is 0.302 e. The minimum Gasteiger partial charge on any atom is -0.543 e. The molecule has 9 heteroatoms. The second kappa shape index (κ2) is 4.35. The predicted octanol–water partition coefficient (Wildman–Crippen LogP) is -2.15. The first kappa shape index (κ1) is 13.6. The SMILES string of the molecule is CC(=O)N1CC(c2ccn(S(N)(=O)=O)c2C(=O)[O-])C1. The summed E-state index contributed by atoms with van der Waals surface area (Å²) in [5.74, 6) is -1.95. The van der Waals surface area contributed by atoms with Gasteiger partial charge in [-0.25, -0.2) is 9.11 Å². The number of rotatable bonds is 3. The lowest BCUT2D eigenvalue weighted by atomic mass is 9.91. The molecule has 2 N–H and O–H groups in total. The molecule has 1 aromatic heterocycles. The summed E-state index contributed by atoms with van der Waals surface area (Å²) in [7, 11) is -4.19. The number of nitrogens with two attached hydrogens (primary N) is 1. The Labute approximate surface area is 109 Å². The molecule has 1 fully saturated rings. The number of likely N-dealkylation sites (tertiary alicyclic amines) is 1. The molecule has 0 spiro atoms. The summed E-state index contributed by atoms with van der Waals surface area (Å²) in [6.07, 6.45) is 1.08. The van der Waals surface area contributed by atoms with Crippen molar-refractivity contribution in [2.45, 2.75) is 12.8 Å². The Morgan fingerprint density at radius 1 is 1.42 bits per heavy atom. The molecule has 1 amide bonds. The van der Waals surface area contributed by atoms with Gasteiger partial charge >= 0.3 is 10.2 Å². The third kappa shape index (κ3) is 2.34. The summed E-state index contributed by atoms with van der Waals surface area (Å²) >= 11 is 0. The van der Waals surface area contributed by atoms with Gasteiger partial charge in [0.15, 0.2) is 0 Å². The van der Waals surface area contributed by atoms with Gasteiger partial charge in [0.1, 0.15) is 0 Å². The van der Waals surface area contributed by atoms with Crippen molar-refractivity contribution in [3.8, 4) is 0 Å². The molecule has 0 aliphatic carbocycles. The van der Waals surface area contributed by atoms with Crippen molar-refractivity contribution >= 4 is 22.1 Å². The Hall–Kier alpha value is -1.87. The Morgan fingerprint density at radius 3 is 2.42 bits per heavy atom. The number of carboxylic acids is 1.